The van der Waals surface area contributed by atoms with Gasteiger partial charge in [0, 0.05) is 16.4 Å². The zero-order chi connectivity index (χ0) is 19.4. The number of halogens is 1. The predicted octanol–water partition coefficient (Wildman–Crippen LogP) is 4.17. The molecule has 5 nitrogen and oxygen atoms in total. The molecule has 0 aromatic heterocycles. The van der Waals surface area contributed by atoms with E-state index in [-0.39, 0.29) is 11.9 Å². The fraction of sp³-hybridized carbons (Fsp3) is 0.200. The Morgan fingerprint density at radius 3 is 2.48 bits per heavy atom. The van der Waals surface area contributed by atoms with Crippen molar-refractivity contribution in [1.29, 1.82) is 0 Å². The molecule has 0 aliphatic carbocycles. The second-order valence-electron chi connectivity index (χ2n) is 6.03. The van der Waals surface area contributed by atoms with Crippen molar-refractivity contribution < 1.29 is 9.53 Å². The number of carbonyl (C=O) groups is 1. The molecule has 27 heavy (non-hydrogen) atoms. The number of carbonyl (C=O) groups excluding carboxylic acids is 1. The Morgan fingerprint density at radius 1 is 1.19 bits per heavy atom. The smallest absolute Gasteiger partial charge is 0.255 e. The van der Waals surface area contributed by atoms with E-state index in [1.807, 2.05) is 50.2 Å². The SMILES string of the molecule is CCOc1ccc(NC(=O)C2=C(C)NC(=S)NC2c2ccc(Cl)cc2)cc1. The van der Waals surface area contributed by atoms with Gasteiger partial charge in [0.1, 0.15) is 5.75 Å². The summed E-state index contributed by atoms with van der Waals surface area (Å²) in [6.45, 7) is 4.36. The molecular formula is C20H20ClN3O2S. The highest BCUT2D eigenvalue weighted by molar-refractivity contribution is 7.80. The molecule has 1 atom stereocenters. The lowest BCUT2D eigenvalue weighted by Gasteiger charge is -2.30. The third kappa shape index (κ3) is 4.59. The van der Waals surface area contributed by atoms with E-state index in [0.717, 1.165) is 11.3 Å². The van der Waals surface area contributed by atoms with E-state index in [0.29, 0.717) is 33.7 Å². The summed E-state index contributed by atoms with van der Waals surface area (Å²) in [5.74, 6) is 0.551. The van der Waals surface area contributed by atoms with Crippen molar-refractivity contribution in [3.05, 3.63) is 70.4 Å². The first-order valence-electron chi connectivity index (χ1n) is 8.56. The molecule has 3 N–H and O–H groups in total. The summed E-state index contributed by atoms with van der Waals surface area (Å²) in [6, 6.07) is 14.2. The van der Waals surface area contributed by atoms with Crippen molar-refractivity contribution in [3.8, 4) is 5.75 Å². The predicted molar refractivity (Wildman–Crippen MR) is 112 cm³/mol. The molecule has 1 aliphatic heterocycles. The number of amides is 1. The Labute approximate surface area is 168 Å². The van der Waals surface area contributed by atoms with Gasteiger partial charge in [-0.25, -0.2) is 0 Å². The number of anilines is 1. The van der Waals surface area contributed by atoms with Crippen molar-refractivity contribution >= 4 is 40.5 Å². The van der Waals surface area contributed by atoms with Crippen LogP contribution in [0.25, 0.3) is 0 Å². The van der Waals surface area contributed by atoms with Crippen molar-refractivity contribution in [2.24, 2.45) is 0 Å². The minimum absolute atomic E-state index is 0.209. The number of nitrogens with one attached hydrogen (secondary N) is 3. The van der Waals surface area contributed by atoms with Gasteiger partial charge in [-0.2, -0.15) is 0 Å². The van der Waals surface area contributed by atoms with E-state index < -0.39 is 0 Å². The highest BCUT2D eigenvalue weighted by Crippen LogP contribution is 2.29. The van der Waals surface area contributed by atoms with Crippen LogP contribution in [0.5, 0.6) is 5.75 Å². The summed E-state index contributed by atoms with van der Waals surface area (Å²) in [5, 5.41) is 10.2. The van der Waals surface area contributed by atoms with Crippen LogP contribution in [0, 0.1) is 0 Å². The number of rotatable bonds is 5. The maximum Gasteiger partial charge on any atom is 0.255 e. The van der Waals surface area contributed by atoms with Crippen molar-refractivity contribution in [3.63, 3.8) is 0 Å². The number of ether oxygens (including phenoxy) is 1. The number of hydrogen-bond donors (Lipinski definition) is 3. The molecule has 0 bridgehead atoms. The number of allylic oxidation sites excluding steroid dienone is 1. The Kier molecular flexibility index (Phi) is 5.98. The second-order valence-corrected chi connectivity index (χ2v) is 6.88. The highest BCUT2D eigenvalue weighted by atomic mass is 35.5. The van der Waals surface area contributed by atoms with Crippen LogP contribution in [-0.4, -0.2) is 17.6 Å². The zero-order valence-electron chi connectivity index (χ0n) is 15.0. The van der Waals surface area contributed by atoms with E-state index in [4.69, 9.17) is 28.6 Å². The quantitative estimate of drug-likeness (QED) is 0.656. The van der Waals surface area contributed by atoms with Crippen molar-refractivity contribution in [2.75, 3.05) is 11.9 Å². The minimum Gasteiger partial charge on any atom is -0.494 e. The number of hydrogen-bond acceptors (Lipinski definition) is 3. The molecule has 0 saturated heterocycles. The fourth-order valence-electron chi connectivity index (χ4n) is 2.90. The Bertz CT molecular complexity index is 879. The average molecular weight is 402 g/mol. The average Bonchev–Trinajstić information content (AvgIpc) is 2.63. The summed E-state index contributed by atoms with van der Waals surface area (Å²) in [7, 11) is 0. The zero-order valence-corrected chi connectivity index (χ0v) is 16.6. The second kappa shape index (κ2) is 8.41. The van der Waals surface area contributed by atoms with Crippen LogP contribution >= 0.6 is 23.8 Å². The minimum atomic E-state index is -0.362. The largest absolute Gasteiger partial charge is 0.494 e. The van der Waals surface area contributed by atoms with Crippen LogP contribution in [0.2, 0.25) is 5.02 Å². The molecule has 1 unspecified atom stereocenters. The summed E-state index contributed by atoms with van der Waals surface area (Å²) < 4.78 is 5.43. The van der Waals surface area contributed by atoms with E-state index in [1.54, 1.807) is 12.1 Å². The molecular weight excluding hydrogens is 382 g/mol. The Hall–Kier alpha value is -2.57. The molecule has 3 rings (SSSR count). The molecule has 1 amide bonds. The third-order valence-corrected chi connectivity index (χ3v) is 4.61. The molecule has 2 aromatic rings. The molecule has 0 spiro atoms. The van der Waals surface area contributed by atoms with Gasteiger partial charge in [-0.3, -0.25) is 4.79 Å². The number of benzene rings is 2. The normalized spacial score (nSPS) is 16.4. The van der Waals surface area contributed by atoms with Crippen LogP contribution in [0.4, 0.5) is 5.69 Å². The maximum atomic E-state index is 13.0. The monoisotopic (exact) mass is 401 g/mol. The van der Waals surface area contributed by atoms with Gasteiger partial charge in [0.05, 0.1) is 18.2 Å². The first-order chi connectivity index (χ1) is 13.0. The third-order valence-electron chi connectivity index (χ3n) is 4.14. The molecule has 0 radical (unpaired) electrons. The van der Waals surface area contributed by atoms with Crippen LogP contribution in [0.1, 0.15) is 25.5 Å². The van der Waals surface area contributed by atoms with Crippen LogP contribution in [0.3, 0.4) is 0 Å². The van der Waals surface area contributed by atoms with E-state index >= 15 is 0 Å². The van der Waals surface area contributed by atoms with E-state index in [9.17, 15) is 4.79 Å². The van der Waals surface area contributed by atoms with Gasteiger partial charge in [-0.05, 0) is 68.0 Å². The Balaban J connectivity index is 1.86. The Morgan fingerprint density at radius 2 is 1.85 bits per heavy atom. The van der Waals surface area contributed by atoms with E-state index in [2.05, 4.69) is 16.0 Å². The van der Waals surface area contributed by atoms with Gasteiger partial charge < -0.3 is 20.7 Å². The molecule has 7 heteroatoms. The highest BCUT2D eigenvalue weighted by Gasteiger charge is 2.29. The molecule has 0 saturated carbocycles. The van der Waals surface area contributed by atoms with Gasteiger partial charge in [-0.1, -0.05) is 23.7 Å². The van der Waals surface area contributed by atoms with Crippen LogP contribution in [0.15, 0.2) is 59.8 Å². The molecule has 2 aromatic carbocycles. The summed E-state index contributed by atoms with van der Waals surface area (Å²) >= 11 is 11.3. The van der Waals surface area contributed by atoms with Crippen molar-refractivity contribution in [1.82, 2.24) is 10.6 Å². The van der Waals surface area contributed by atoms with Gasteiger partial charge in [-0.15, -0.1) is 0 Å². The van der Waals surface area contributed by atoms with Gasteiger partial charge in [0.25, 0.3) is 5.91 Å². The first kappa shape index (κ1) is 19.2. The van der Waals surface area contributed by atoms with Gasteiger partial charge >= 0.3 is 0 Å². The molecule has 140 valence electrons. The lowest BCUT2D eigenvalue weighted by Crippen LogP contribution is -2.45. The van der Waals surface area contributed by atoms with Gasteiger partial charge in [0.2, 0.25) is 0 Å². The molecule has 0 fully saturated rings. The fourth-order valence-corrected chi connectivity index (χ4v) is 3.30. The summed E-state index contributed by atoms with van der Waals surface area (Å²) in [4.78, 5) is 13.0. The maximum absolute atomic E-state index is 13.0. The van der Waals surface area contributed by atoms with Crippen LogP contribution < -0.4 is 20.7 Å². The van der Waals surface area contributed by atoms with Gasteiger partial charge in [0.15, 0.2) is 5.11 Å². The topological polar surface area (TPSA) is 62.4 Å². The number of thiocarbonyl (C=S) groups is 1. The molecule has 1 aliphatic rings. The van der Waals surface area contributed by atoms with Crippen molar-refractivity contribution in [2.45, 2.75) is 19.9 Å². The summed E-state index contributed by atoms with van der Waals surface area (Å²) in [5.41, 5.74) is 2.87. The van der Waals surface area contributed by atoms with Crippen LogP contribution in [-0.2, 0) is 4.79 Å². The summed E-state index contributed by atoms with van der Waals surface area (Å²) in [6.07, 6.45) is 0. The lowest BCUT2D eigenvalue weighted by molar-refractivity contribution is -0.113. The van der Waals surface area contributed by atoms with E-state index in [1.165, 1.54) is 0 Å². The first-order valence-corrected chi connectivity index (χ1v) is 9.34. The standard InChI is InChI=1S/C20H20ClN3O2S/c1-3-26-16-10-8-15(9-11-16)23-19(25)17-12(2)22-20(27)24-18(17)13-4-6-14(21)7-5-13/h4-11,18H,3H2,1-2H3,(H,23,25)(H2,22,24,27). The lowest BCUT2D eigenvalue weighted by atomic mass is 9.95. The molecule has 1 heterocycles.